The van der Waals surface area contributed by atoms with E-state index in [9.17, 15) is 0 Å². The third kappa shape index (κ3) is 1.79. The Balaban J connectivity index is 2.26. The highest BCUT2D eigenvalue weighted by Crippen LogP contribution is 2.23. The number of rotatable bonds is 3. The summed E-state index contributed by atoms with van der Waals surface area (Å²) in [4.78, 5) is 0. The second-order valence-electron chi connectivity index (χ2n) is 2.66. The van der Waals surface area contributed by atoms with Crippen molar-refractivity contribution in [1.29, 1.82) is 0 Å². The Bertz CT molecular complexity index is 399. The number of nitrogens with two attached hydrogens (primary N) is 1. The van der Waals surface area contributed by atoms with Crippen LogP contribution in [0.5, 0.6) is 5.75 Å². The average Bonchev–Trinajstić information content (AvgIpc) is 2.61. The maximum absolute atomic E-state index is 5.39. The van der Waals surface area contributed by atoms with Gasteiger partial charge in [0, 0.05) is 18.1 Å². The summed E-state index contributed by atoms with van der Waals surface area (Å²) in [5.74, 6) is 0.863. The molecule has 0 fully saturated rings. The van der Waals surface area contributed by atoms with Crippen molar-refractivity contribution in [2.24, 2.45) is 5.73 Å². The fourth-order valence-electron chi connectivity index (χ4n) is 1.11. The molecular weight excluding hydrogens is 184 g/mol. The lowest BCUT2D eigenvalue weighted by atomic mass is 10.3. The van der Waals surface area contributed by atoms with E-state index < -0.39 is 0 Å². The zero-order valence-corrected chi connectivity index (χ0v) is 7.88. The van der Waals surface area contributed by atoms with E-state index in [1.165, 1.54) is 11.5 Å². The highest BCUT2D eigenvalue weighted by Gasteiger charge is 1.98. The molecule has 2 aromatic rings. The Morgan fingerprint density at radius 2 is 2.38 bits per heavy atom. The van der Waals surface area contributed by atoms with Gasteiger partial charge in [-0.25, -0.2) is 0 Å². The van der Waals surface area contributed by atoms with Crippen molar-refractivity contribution < 1.29 is 4.74 Å². The average molecular weight is 194 g/mol. The molecule has 2 N–H and O–H groups in total. The monoisotopic (exact) mass is 194 g/mol. The van der Waals surface area contributed by atoms with E-state index >= 15 is 0 Å². The fourth-order valence-corrected chi connectivity index (χ4v) is 1.78. The molecule has 0 bridgehead atoms. The molecule has 13 heavy (non-hydrogen) atoms. The second-order valence-corrected chi connectivity index (χ2v) is 3.50. The molecule has 0 aliphatic carbocycles. The number of hydrogen-bond acceptors (Lipinski definition) is 4. The zero-order chi connectivity index (χ0) is 9.10. The maximum atomic E-state index is 5.39. The maximum Gasteiger partial charge on any atom is 0.120 e. The Morgan fingerprint density at radius 3 is 3.23 bits per heavy atom. The molecule has 0 amide bonds. The number of fused-ring (bicyclic) bond motifs is 1. The van der Waals surface area contributed by atoms with E-state index in [2.05, 4.69) is 4.37 Å². The van der Waals surface area contributed by atoms with Crippen LogP contribution in [0.3, 0.4) is 0 Å². The van der Waals surface area contributed by atoms with Gasteiger partial charge in [0.25, 0.3) is 0 Å². The van der Waals surface area contributed by atoms with Gasteiger partial charge in [0.05, 0.1) is 4.70 Å². The topological polar surface area (TPSA) is 48.1 Å². The van der Waals surface area contributed by atoms with Crippen molar-refractivity contribution in [3.05, 3.63) is 24.4 Å². The van der Waals surface area contributed by atoms with Crippen LogP contribution in [0.2, 0.25) is 0 Å². The summed E-state index contributed by atoms with van der Waals surface area (Å²) in [5.41, 5.74) is 5.33. The molecule has 0 unspecified atom stereocenters. The van der Waals surface area contributed by atoms with Gasteiger partial charge in [0.1, 0.15) is 12.4 Å². The van der Waals surface area contributed by atoms with E-state index in [0.29, 0.717) is 13.2 Å². The van der Waals surface area contributed by atoms with Gasteiger partial charge in [-0.2, -0.15) is 4.37 Å². The van der Waals surface area contributed by atoms with Crippen LogP contribution >= 0.6 is 11.5 Å². The summed E-state index contributed by atoms with van der Waals surface area (Å²) in [7, 11) is 0. The van der Waals surface area contributed by atoms with Gasteiger partial charge in [0.2, 0.25) is 0 Å². The minimum atomic E-state index is 0.542. The molecule has 68 valence electrons. The van der Waals surface area contributed by atoms with Crippen LogP contribution in [0.15, 0.2) is 24.4 Å². The smallest absolute Gasteiger partial charge is 0.120 e. The molecule has 0 spiro atoms. The van der Waals surface area contributed by atoms with Crippen LogP contribution < -0.4 is 10.5 Å². The highest BCUT2D eigenvalue weighted by atomic mass is 32.1. The van der Waals surface area contributed by atoms with Crippen LogP contribution in [-0.4, -0.2) is 17.5 Å². The van der Waals surface area contributed by atoms with Gasteiger partial charge >= 0.3 is 0 Å². The predicted octanol–water partition coefficient (Wildman–Crippen LogP) is 1.63. The lowest BCUT2D eigenvalue weighted by Gasteiger charge is -2.02. The molecule has 1 aromatic heterocycles. The molecule has 0 aliphatic rings. The standard InChI is InChI=1S/C9H10N2OS/c10-3-4-12-8-2-1-7-6-11-13-9(7)5-8/h1-2,5-6H,3-4,10H2. The summed E-state index contributed by atoms with van der Waals surface area (Å²) in [5, 5.41) is 1.16. The van der Waals surface area contributed by atoms with Crippen molar-refractivity contribution in [1.82, 2.24) is 4.37 Å². The first-order chi connectivity index (χ1) is 6.40. The first kappa shape index (κ1) is 8.47. The predicted molar refractivity (Wildman–Crippen MR) is 54.2 cm³/mol. The van der Waals surface area contributed by atoms with Crippen molar-refractivity contribution in [2.75, 3.05) is 13.2 Å². The minimum Gasteiger partial charge on any atom is -0.492 e. The first-order valence-corrected chi connectivity index (χ1v) is 4.85. The van der Waals surface area contributed by atoms with E-state index in [4.69, 9.17) is 10.5 Å². The fraction of sp³-hybridized carbons (Fsp3) is 0.222. The Morgan fingerprint density at radius 1 is 1.46 bits per heavy atom. The lowest BCUT2D eigenvalue weighted by Crippen LogP contribution is -2.10. The van der Waals surface area contributed by atoms with Gasteiger partial charge in [-0.1, -0.05) is 0 Å². The van der Waals surface area contributed by atoms with Crippen LogP contribution in [0.25, 0.3) is 10.1 Å². The third-order valence-electron chi connectivity index (χ3n) is 1.71. The van der Waals surface area contributed by atoms with Gasteiger partial charge in [-0.15, -0.1) is 0 Å². The highest BCUT2D eigenvalue weighted by molar-refractivity contribution is 7.13. The van der Waals surface area contributed by atoms with Crippen molar-refractivity contribution in [3.63, 3.8) is 0 Å². The molecule has 0 radical (unpaired) electrons. The largest absolute Gasteiger partial charge is 0.492 e. The summed E-state index contributed by atoms with van der Waals surface area (Å²) >= 11 is 1.47. The zero-order valence-electron chi connectivity index (χ0n) is 7.06. The number of benzene rings is 1. The SMILES string of the molecule is NCCOc1ccc2cnsc2c1. The molecule has 0 saturated heterocycles. The number of hydrogen-bond donors (Lipinski definition) is 1. The van der Waals surface area contributed by atoms with Crippen LogP contribution in [0, 0.1) is 0 Å². The number of ether oxygens (including phenoxy) is 1. The number of aromatic nitrogens is 1. The summed E-state index contributed by atoms with van der Waals surface area (Å²) in [6.45, 7) is 1.10. The summed E-state index contributed by atoms with van der Waals surface area (Å²) in [6.07, 6.45) is 1.85. The van der Waals surface area contributed by atoms with Gasteiger partial charge < -0.3 is 10.5 Å². The Labute approximate surface area is 80.3 Å². The Kier molecular flexibility index (Phi) is 2.42. The van der Waals surface area contributed by atoms with Crippen molar-refractivity contribution >= 4 is 21.6 Å². The van der Waals surface area contributed by atoms with Gasteiger partial charge in [-0.05, 0) is 29.7 Å². The summed E-state index contributed by atoms with van der Waals surface area (Å²) in [6, 6.07) is 5.93. The van der Waals surface area contributed by atoms with Crippen LogP contribution in [0.1, 0.15) is 0 Å². The molecular formula is C9H10N2OS. The number of nitrogens with zero attached hydrogens (tertiary/aromatic N) is 1. The molecule has 0 atom stereocenters. The lowest BCUT2D eigenvalue weighted by molar-refractivity contribution is 0.329. The van der Waals surface area contributed by atoms with Crippen LogP contribution in [0.4, 0.5) is 0 Å². The van der Waals surface area contributed by atoms with Crippen molar-refractivity contribution in [2.45, 2.75) is 0 Å². The van der Waals surface area contributed by atoms with E-state index in [1.54, 1.807) is 0 Å². The molecule has 0 aliphatic heterocycles. The minimum absolute atomic E-state index is 0.542. The van der Waals surface area contributed by atoms with E-state index in [1.807, 2.05) is 24.4 Å². The van der Waals surface area contributed by atoms with Gasteiger partial charge in [0.15, 0.2) is 0 Å². The summed E-state index contributed by atoms with van der Waals surface area (Å²) < 4.78 is 10.6. The molecule has 1 aromatic carbocycles. The van der Waals surface area contributed by atoms with E-state index in [0.717, 1.165) is 15.8 Å². The van der Waals surface area contributed by atoms with Crippen LogP contribution in [-0.2, 0) is 0 Å². The molecule has 0 saturated carbocycles. The molecule has 1 heterocycles. The molecule has 2 rings (SSSR count). The molecule has 3 nitrogen and oxygen atoms in total. The Hall–Kier alpha value is -1.13. The third-order valence-corrected chi connectivity index (χ3v) is 2.48. The molecule has 4 heteroatoms. The van der Waals surface area contributed by atoms with Crippen molar-refractivity contribution in [3.8, 4) is 5.75 Å². The van der Waals surface area contributed by atoms with Gasteiger partial charge in [-0.3, -0.25) is 0 Å². The second kappa shape index (κ2) is 3.72. The normalized spacial score (nSPS) is 10.5. The first-order valence-electron chi connectivity index (χ1n) is 4.07. The van der Waals surface area contributed by atoms with E-state index in [-0.39, 0.29) is 0 Å². The quantitative estimate of drug-likeness (QED) is 0.808.